The zero-order valence-corrected chi connectivity index (χ0v) is 17.7. The highest BCUT2D eigenvalue weighted by atomic mass is 31.2. The molecule has 0 aromatic carbocycles. The lowest BCUT2D eigenvalue weighted by molar-refractivity contribution is -0.128. The summed E-state index contributed by atoms with van der Waals surface area (Å²) in [5, 5.41) is 0. The summed E-state index contributed by atoms with van der Waals surface area (Å²) in [6.07, 6.45) is 12.2. The number of unbranched alkanes of at least 4 members (excludes halogenated alkanes) is 4. The van der Waals surface area contributed by atoms with Crippen LogP contribution in [-0.2, 0) is 23.5 Å². The molecule has 1 fully saturated rings. The van der Waals surface area contributed by atoms with Crippen LogP contribution in [0.4, 0.5) is 0 Å². The van der Waals surface area contributed by atoms with Gasteiger partial charge in [-0.05, 0) is 63.0 Å². The largest absolute Gasteiger partial charge is 0.325 e. The van der Waals surface area contributed by atoms with Crippen molar-refractivity contribution in [3.8, 4) is 0 Å². The molecule has 158 valence electrons. The molecule has 1 saturated carbocycles. The topological polar surface area (TPSA) is 97.7 Å². The predicted molar refractivity (Wildman–Crippen MR) is 107 cm³/mol. The SMILES string of the molecule is CP(=O)(O)OCCCCCCCC(=O)C1CCC(CC2C(=O)C=CC2=O)CC1. The van der Waals surface area contributed by atoms with Crippen LogP contribution in [0.15, 0.2) is 12.2 Å². The first-order valence-electron chi connectivity index (χ1n) is 10.5. The summed E-state index contributed by atoms with van der Waals surface area (Å²) in [6, 6.07) is 0. The summed E-state index contributed by atoms with van der Waals surface area (Å²) < 4.78 is 15.8. The van der Waals surface area contributed by atoms with Crippen molar-refractivity contribution in [3.63, 3.8) is 0 Å². The minimum absolute atomic E-state index is 0.0603. The maximum Gasteiger partial charge on any atom is 0.325 e. The van der Waals surface area contributed by atoms with Crippen molar-refractivity contribution < 1.29 is 28.4 Å². The molecule has 2 aliphatic carbocycles. The number of ketones is 3. The molecule has 0 spiro atoms. The molecule has 0 bridgehead atoms. The van der Waals surface area contributed by atoms with Gasteiger partial charge in [0.25, 0.3) is 0 Å². The molecule has 28 heavy (non-hydrogen) atoms. The smallest absolute Gasteiger partial charge is 0.324 e. The Morgan fingerprint density at radius 1 is 1.04 bits per heavy atom. The summed E-state index contributed by atoms with van der Waals surface area (Å²) in [4.78, 5) is 44.8. The van der Waals surface area contributed by atoms with Crippen molar-refractivity contribution in [2.45, 2.75) is 70.6 Å². The van der Waals surface area contributed by atoms with Crippen molar-refractivity contribution >= 4 is 24.9 Å². The molecule has 0 radical (unpaired) electrons. The Hall–Kier alpha value is -1.10. The van der Waals surface area contributed by atoms with Crippen LogP contribution in [-0.4, -0.2) is 35.5 Å². The van der Waals surface area contributed by atoms with Gasteiger partial charge in [-0.15, -0.1) is 0 Å². The molecule has 2 rings (SSSR count). The molecule has 0 heterocycles. The van der Waals surface area contributed by atoms with Gasteiger partial charge in [0.15, 0.2) is 11.6 Å². The molecule has 1 unspecified atom stereocenters. The zero-order valence-electron chi connectivity index (χ0n) is 16.8. The molecule has 0 aromatic heterocycles. The monoisotopic (exact) mass is 412 g/mol. The van der Waals surface area contributed by atoms with E-state index in [1.807, 2.05) is 0 Å². The highest BCUT2D eigenvalue weighted by Gasteiger charge is 2.33. The summed E-state index contributed by atoms with van der Waals surface area (Å²) in [7, 11) is -3.36. The van der Waals surface area contributed by atoms with E-state index in [0.717, 1.165) is 57.8 Å². The molecule has 2 aliphatic rings. The van der Waals surface area contributed by atoms with E-state index in [9.17, 15) is 18.9 Å². The van der Waals surface area contributed by atoms with Gasteiger partial charge in [-0.3, -0.25) is 18.9 Å². The first-order valence-corrected chi connectivity index (χ1v) is 12.5. The maximum atomic E-state index is 12.4. The third-order valence-corrected chi connectivity index (χ3v) is 6.53. The predicted octanol–water partition coefficient (Wildman–Crippen LogP) is 4.25. The molecule has 6 nitrogen and oxygen atoms in total. The van der Waals surface area contributed by atoms with Crippen molar-refractivity contribution in [3.05, 3.63) is 12.2 Å². The summed E-state index contributed by atoms with van der Waals surface area (Å²) >= 11 is 0. The van der Waals surface area contributed by atoms with Gasteiger partial charge in [0.1, 0.15) is 5.78 Å². The number of carbonyl (C=O) groups excluding carboxylic acids is 3. The Morgan fingerprint density at radius 2 is 1.61 bits per heavy atom. The van der Waals surface area contributed by atoms with Gasteiger partial charge >= 0.3 is 7.60 Å². The lowest BCUT2D eigenvalue weighted by Gasteiger charge is -2.28. The average molecular weight is 412 g/mol. The second kappa shape index (κ2) is 11.2. The van der Waals surface area contributed by atoms with Gasteiger partial charge < -0.3 is 9.42 Å². The third-order valence-electron chi connectivity index (χ3n) is 5.87. The van der Waals surface area contributed by atoms with E-state index in [2.05, 4.69) is 0 Å². The molecular formula is C21H33O6P. The molecule has 0 aromatic rings. The fourth-order valence-corrected chi connectivity index (χ4v) is 4.66. The quantitative estimate of drug-likeness (QED) is 0.292. The van der Waals surface area contributed by atoms with Crippen molar-refractivity contribution in [2.75, 3.05) is 13.3 Å². The Bertz CT molecular complexity index is 609. The number of hydrogen-bond acceptors (Lipinski definition) is 5. The van der Waals surface area contributed by atoms with Gasteiger partial charge in [0.2, 0.25) is 0 Å². The summed E-state index contributed by atoms with van der Waals surface area (Å²) in [6.45, 7) is 1.50. The van der Waals surface area contributed by atoms with Gasteiger partial charge in [-0.1, -0.05) is 19.3 Å². The van der Waals surface area contributed by atoms with E-state index < -0.39 is 13.5 Å². The van der Waals surface area contributed by atoms with Crippen LogP contribution in [0.1, 0.15) is 70.6 Å². The van der Waals surface area contributed by atoms with E-state index in [-0.39, 0.29) is 17.5 Å². The van der Waals surface area contributed by atoms with E-state index in [1.54, 1.807) is 0 Å². The van der Waals surface area contributed by atoms with Crippen LogP contribution < -0.4 is 0 Å². The Balaban J connectivity index is 1.52. The standard InChI is InChI=1S/C21H33O6P/c1-28(25,26)27-14-6-4-2-3-5-7-19(22)17-10-8-16(9-11-17)15-18-20(23)12-13-21(18)24/h12-13,16-18H,2-11,14-15H2,1H3,(H,25,26). The van der Waals surface area contributed by atoms with Crippen LogP contribution >= 0.6 is 7.60 Å². The van der Waals surface area contributed by atoms with Gasteiger partial charge in [0.05, 0.1) is 12.5 Å². The number of carbonyl (C=O) groups is 3. The number of Topliss-reactive ketones (excluding diaryl/α,β-unsaturated/α-hetero) is 1. The Labute approximate surface area is 167 Å². The summed E-state index contributed by atoms with van der Waals surface area (Å²) in [5.74, 6) is 0.278. The second-order valence-electron chi connectivity index (χ2n) is 8.26. The number of hydrogen-bond donors (Lipinski definition) is 1. The normalized spacial score (nSPS) is 25.2. The molecule has 0 saturated heterocycles. The molecule has 0 amide bonds. The minimum Gasteiger partial charge on any atom is -0.324 e. The average Bonchev–Trinajstić information content (AvgIpc) is 2.95. The van der Waals surface area contributed by atoms with Crippen LogP contribution in [0.2, 0.25) is 0 Å². The maximum absolute atomic E-state index is 12.4. The Kier molecular flexibility index (Phi) is 9.26. The van der Waals surface area contributed by atoms with Crippen molar-refractivity contribution in [1.29, 1.82) is 0 Å². The Morgan fingerprint density at radius 3 is 2.21 bits per heavy atom. The summed E-state index contributed by atoms with van der Waals surface area (Å²) in [5.41, 5.74) is 0. The van der Waals surface area contributed by atoms with Crippen LogP contribution in [0.5, 0.6) is 0 Å². The highest BCUT2D eigenvalue weighted by molar-refractivity contribution is 7.51. The first kappa shape index (κ1) is 23.2. The van der Waals surface area contributed by atoms with E-state index >= 15 is 0 Å². The number of rotatable bonds is 12. The highest BCUT2D eigenvalue weighted by Crippen LogP contribution is 2.37. The lowest BCUT2D eigenvalue weighted by atomic mass is 9.75. The van der Waals surface area contributed by atoms with Crippen LogP contribution in [0.25, 0.3) is 0 Å². The van der Waals surface area contributed by atoms with Gasteiger partial charge in [0, 0.05) is 19.0 Å². The van der Waals surface area contributed by atoms with Gasteiger partial charge in [-0.25, -0.2) is 0 Å². The lowest BCUT2D eigenvalue weighted by Crippen LogP contribution is -2.25. The third kappa shape index (κ3) is 8.10. The van der Waals surface area contributed by atoms with E-state index in [4.69, 9.17) is 9.42 Å². The van der Waals surface area contributed by atoms with Crippen LogP contribution in [0.3, 0.4) is 0 Å². The zero-order chi connectivity index (χ0) is 20.6. The molecule has 1 atom stereocenters. The second-order valence-corrected chi connectivity index (χ2v) is 10.1. The van der Waals surface area contributed by atoms with Crippen molar-refractivity contribution in [1.82, 2.24) is 0 Å². The minimum atomic E-state index is -3.36. The van der Waals surface area contributed by atoms with Crippen molar-refractivity contribution in [2.24, 2.45) is 17.8 Å². The molecule has 0 aliphatic heterocycles. The fourth-order valence-electron chi connectivity index (χ4n) is 4.19. The van der Waals surface area contributed by atoms with Gasteiger partial charge in [-0.2, -0.15) is 0 Å². The fraction of sp³-hybridized carbons (Fsp3) is 0.762. The van der Waals surface area contributed by atoms with E-state index in [0.29, 0.717) is 31.1 Å². The number of allylic oxidation sites excluding steroid dienone is 2. The van der Waals surface area contributed by atoms with Crippen LogP contribution in [0, 0.1) is 17.8 Å². The molecule has 7 heteroatoms. The first-order chi connectivity index (χ1) is 13.3. The van der Waals surface area contributed by atoms with E-state index in [1.165, 1.54) is 18.8 Å². The molecular weight excluding hydrogens is 379 g/mol. The molecule has 1 N–H and O–H groups in total.